The number of unbranched alkanes of at least 4 members (excludes halogenated alkanes) is 42. The van der Waals surface area contributed by atoms with E-state index in [0.29, 0.717) is 62.5 Å². The van der Waals surface area contributed by atoms with Crippen molar-refractivity contribution < 1.29 is 84.5 Å². The van der Waals surface area contributed by atoms with Gasteiger partial charge in [0.1, 0.15) is 37.1 Å². The number of amides is 2. The molecule has 1 heterocycles. The van der Waals surface area contributed by atoms with Crippen molar-refractivity contribution in [3.8, 4) is 0 Å². The highest BCUT2D eigenvalue weighted by molar-refractivity contribution is 7.48. The summed E-state index contributed by atoms with van der Waals surface area (Å²) in [4.78, 5) is 106. The third-order valence-electron chi connectivity index (χ3n) is 27.8. The standard InChI is InChI=1S/C120H191N2O18PSi/c1-10-16-22-28-34-37-43-46-63-79-103(135-112(125)86-70-49-40-31-25-19-13-4)92-110(123)121-102(91-115(128)131-95-99-73-57-52-58-74-99)89-90-108-117(122-111(124)93-104(80-64-47-44-38-35-29-23-17-11-2)136-113(126)87-71-50-41-32-26-20-14-5)119(139-116(129)94-105(81-65-48-45-39-36-30-24-18-12-3)137-114(127)88-72-51-42-33-27-21-15-6)118(140-141(130,132-96-100-75-59-53-60-76-100)133-97-101-77-61-54-62-78-101)109(138-108)98-134-142(120(7,8)9,106-82-66-55-67-83-106)107-84-68-56-69-85-107/h52-62,66-69,73-78,82-85,102-105,108-109,117-119H,10-51,63-65,70-72,79-81,86-98H2,1-9H3,(H,121,123)(H,122,124)/t102-,103+,104+,105+,108-,109+,117-,118+,119+/m0/s1. The second-order valence-electron chi connectivity index (χ2n) is 41.4. The van der Waals surface area contributed by atoms with E-state index in [9.17, 15) is 19.2 Å². The zero-order valence-corrected chi connectivity index (χ0v) is 91.6. The molecule has 5 aromatic carbocycles. The van der Waals surface area contributed by atoms with Crippen LogP contribution in [0.25, 0.3) is 0 Å². The van der Waals surface area contributed by atoms with Crippen molar-refractivity contribution in [2.24, 2.45) is 0 Å². The molecule has 1 aliphatic rings. The van der Waals surface area contributed by atoms with Crippen LogP contribution in [0.5, 0.6) is 0 Å². The smallest absolute Gasteiger partial charge is 0.462 e. The van der Waals surface area contributed by atoms with Gasteiger partial charge in [0.25, 0.3) is 8.32 Å². The predicted molar refractivity (Wildman–Crippen MR) is 578 cm³/mol. The average Bonchev–Trinajstić information content (AvgIpc) is 0.740. The molecule has 1 saturated heterocycles. The first-order valence-corrected chi connectivity index (χ1v) is 60.1. The maximum Gasteiger partial charge on any atom is 0.475 e. The van der Waals surface area contributed by atoms with Crippen LogP contribution in [-0.2, 0) is 104 Å². The average molecular weight is 2010 g/mol. The van der Waals surface area contributed by atoms with Gasteiger partial charge in [-0.05, 0) is 103 Å². The molecule has 9 atom stereocenters. The first-order valence-electron chi connectivity index (χ1n) is 56.8. The van der Waals surface area contributed by atoms with Gasteiger partial charge in [0.15, 0.2) is 6.10 Å². The largest absolute Gasteiger partial charge is 0.475 e. The second-order valence-corrected chi connectivity index (χ2v) is 47.3. The Hall–Kier alpha value is -7.36. The van der Waals surface area contributed by atoms with Gasteiger partial charge in [-0.1, -0.05) is 484 Å². The third kappa shape index (κ3) is 53.8. The summed E-state index contributed by atoms with van der Waals surface area (Å²) in [5.41, 5.74) is 2.02. The van der Waals surface area contributed by atoms with Gasteiger partial charge in [-0.15, -0.1) is 0 Å². The van der Waals surface area contributed by atoms with Crippen LogP contribution in [0.4, 0.5) is 0 Å². The number of hydrogen-bond acceptors (Lipinski definition) is 18. The van der Waals surface area contributed by atoms with Crippen LogP contribution in [0.3, 0.4) is 0 Å². The van der Waals surface area contributed by atoms with E-state index in [4.69, 9.17) is 46.4 Å². The monoisotopic (exact) mass is 2010 g/mol. The van der Waals surface area contributed by atoms with Crippen molar-refractivity contribution in [1.29, 1.82) is 0 Å². The Kier molecular flexibility index (Phi) is 66.9. The molecule has 1 fully saturated rings. The number of hydrogen-bond donors (Lipinski definition) is 2. The lowest BCUT2D eigenvalue weighted by molar-refractivity contribution is -0.210. The minimum Gasteiger partial charge on any atom is -0.462 e. The first kappa shape index (κ1) is 123. The number of esters is 5. The lowest BCUT2D eigenvalue weighted by Crippen LogP contribution is -2.69. The van der Waals surface area contributed by atoms with E-state index in [1.54, 1.807) is 0 Å². The first-order chi connectivity index (χ1) is 69.1. The molecule has 0 saturated carbocycles. The molecule has 0 unspecified atom stereocenters. The Morgan fingerprint density at radius 1 is 0.345 bits per heavy atom. The Morgan fingerprint density at radius 2 is 0.662 bits per heavy atom. The van der Waals surface area contributed by atoms with E-state index in [-0.39, 0.29) is 83.8 Å². The number of ether oxygens (including phenoxy) is 6. The van der Waals surface area contributed by atoms with Gasteiger partial charge >= 0.3 is 37.7 Å². The Bertz CT molecular complexity index is 4020. The number of nitrogens with one attached hydrogen (secondary N) is 2. The van der Waals surface area contributed by atoms with E-state index in [2.05, 4.69) is 97.2 Å². The van der Waals surface area contributed by atoms with Gasteiger partial charge in [-0.3, -0.25) is 47.1 Å². The molecule has 0 bridgehead atoms. The summed E-state index contributed by atoms with van der Waals surface area (Å²) in [6.07, 6.45) is 41.0. The van der Waals surface area contributed by atoms with Gasteiger partial charge in [0.2, 0.25) is 11.8 Å². The minimum absolute atomic E-state index is 0.0372. The molecule has 2 amide bonds. The predicted octanol–water partition coefficient (Wildman–Crippen LogP) is 30.1. The summed E-state index contributed by atoms with van der Waals surface area (Å²) >= 11 is 0. The van der Waals surface area contributed by atoms with Crippen molar-refractivity contribution in [1.82, 2.24) is 10.6 Å². The van der Waals surface area contributed by atoms with Gasteiger partial charge in [0.05, 0.1) is 57.6 Å². The molecule has 798 valence electrons. The Morgan fingerprint density at radius 3 is 1.01 bits per heavy atom. The van der Waals surface area contributed by atoms with E-state index in [1.807, 2.05) is 127 Å². The third-order valence-corrected chi connectivity index (χ3v) is 34.2. The van der Waals surface area contributed by atoms with Crippen LogP contribution in [0, 0.1) is 0 Å². The number of phosphoric acid groups is 1. The number of rotatable bonds is 86. The number of phosphoric ester groups is 1. The van der Waals surface area contributed by atoms with Gasteiger partial charge in [0, 0.05) is 25.3 Å². The maximum absolute atomic E-state index is 16.9. The van der Waals surface area contributed by atoms with Crippen molar-refractivity contribution >= 4 is 68.2 Å². The highest BCUT2D eigenvalue weighted by Crippen LogP contribution is 2.54. The van der Waals surface area contributed by atoms with E-state index >= 15 is 18.9 Å². The molecule has 0 radical (unpaired) electrons. The lowest BCUT2D eigenvalue weighted by atomic mass is 9.88. The number of carbonyl (C=O) groups excluding carboxylic acids is 7. The Balaban J connectivity index is 1.62. The van der Waals surface area contributed by atoms with Gasteiger partial charge in [-0.2, -0.15) is 0 Å². The second kappa shape index (κ2) is 77.1. The zero-order valence-electron chi connectivity index (χ0n) is 89.7. The fraction of sp³-hybridized carbons (Fsp3) is 0.692. The molecule has 0 aromatic heterocycles. The molecule has 2 N–H and O–H groups in total. The number of benzene rings is 5. The fourth-order valence-corrected chi connectivity index (χ4v) is 25.4. The maximum atomic E-state index is 16.9. The SMILES string of the molecule is CCCCCCCCCCC[C@H](CC(=O)N[C@@H](CC[C@@H]1O[C@H](CO[Si](c2ccccc2)(c2ccccc2)C(C)(C)C)[C@@H](OP(=O)(OCc2ccccc2)OCc2ccccc2)[C@H](OC(=O)C[C@@H](CCCCCCCCCCC)OC(=O)CCCCCCCCC)[C@H]1NC(=O)C[C@@H](CCCCCCCCCCC)OC(=O)CCCCCCCCC)CC(=O)OCc1ccccc1)OC(=O)CCCCCCCCC. The van der Waals surface area contributed by atoms with Gasteiger partial charge in [-0.25, -0.2) is 4.57 Å². The van der Waals surface area contributed by atoms with Crippen LogP contribution in [0.2, 0.25) is 5.04 Å². The van der Waals surface area contributed by atoms with Crippen molar-refractivity contribution in [2.75, 3.05) is 6.61 Å². The molecule has 6 rings (SSSR count). The summed E-state index contributed by atoms with van der Waals surface area (Å²) in [6, 6.07) is 45.5. The van der Waals surface area contributed by atoms with E-state index in [1.165, 1.54) is 57.8 Å². The lowest BCUT2D eigenvalue weighted by Gasteiger charge is -2.49. The summed E-state index contributed by atoms with van der Waals surface area (Å²) in [5, 5.41) is 7.83. The fourth-order valence-electron chi connectivity index (χ4n) is 19.5. The van der Waals surface area contributed by atoms with E-state index in [0.717, 1.165) is 234 Å². The van der Waals surface area contributed by atoms with Crippen LogP contribution < -0.4 is 21.0 Å². The molecule has 20 nitrogen and oxygen atoms in total. The summed E-state index contributed by atoms with van der Waals surface area (Å²) < 4.78 is 86.0. The Labute approximate surface area is 860 Å². The van der Waals surface area contributed by atoms with Crippen molar-refractivity contribution in [2.45, 2.75) is 527 Å². The van der Waals surface area contributed by atoms with Crippen LogP contribution in [0.1, 0.15) is 464 Å². The molecular weight excluding hydrogens is 1820 g/mol. The molecule has 142 heavy (non-hydrogen) atoms. The van der Waals surface area contributed by atoms with Gasteiger partial charge < -0.3 is 43.5 Å². The summed E-state index contributed by atoms with van der Waals surface area (Å²) in [7, 11) is -8.70. The highest BCUT2D eigenvalue weighted by atomic mass is 31.2. The zero-order chi connectivity index (χ0) is 102. The molecule has 0 spiro atoms. The van der Waals surface area contributed by atoms with Crippen molar-refractivity contribution in [3.63, 3.8) is 0 Å². The summed E-state index contributed by atoms with van der Waals surface area (Å²) in [5.74, 6) is -3.68. The normalized spacial score (nSPS) is 15.9. The molecular formula is C120H191N2O18PSi. The molecule has 5 aromatic rings. The van der Waals surface area contributed by atoms with Crippen LogP contribution >= 0.6 is 7.82 Å². The van der Waals surface area contributed by atoms with E-state index < -0.39 is 118 Å². The number of carbonyl (C=O) groups is 7. The molecule has 22 heteroatoms. The molecule has 1 aliphatic heterocycles. The molecule has 0 aliphatic carbocycles. The quantitative estimate of drug-likeness (QED) is 0.0121. The minimum atomic E-state index is -5.05. The highest BCUT2D eigenvalue weighted by Gasteiger charge is 2.56. The van der Waals surface area contributed by atoms with Crippen LogP contribution in [-0.4, -0.2) is 111 Å². The van der Waals surface area contributed by atoms with Crippen LogP contribution in [0.15, 0.2) is 152 Å². The summed E-state index contributed by atoms with van der Waals surface area (Å²) in [6.45, 7) is 18.7. The van der Waals surface area contributed by atoms with Crippen molar-refractivity contribution in [3.05, 3.63) is 168 Å². The topological polar surface area (TPSA) is 253 Å².